The van der Waals surface area contributed by atoms with Gasteiger partial charge in [-0.1, -0.05) is 78.3 Å². The standard InChI is InChI=1S/C26H24ClN3O3/c1-17-13-18(2)23(21(27)14-17)28-22(31)16-30-24(32)26(29-25(30)33,20-11-7-4-8-12-20)15-19-9-5-3-6-10-19/h3-14H,15-16H2,1-2H3,(H,28,31)(H,29,33). The second-order valence-electron chi connectivity index (χ2n) is 8.24. The summed E-state index contributed by atoms with van der Waals surface area (Å²) in [4.78, 5) is 40.3. The molecule has 1 saturated heterocycles. The third-order valence-corrected chi connectivity index (χ3v) is 6.05. The van der Waals surface area contributed by atoms with Gasteiger partial charge in [0.15, 0.2) is 5.54 Å². The molecular formula is C26H24ClN3O3. The minimum absolute atomic E-state index is 0.267. The summed E-state index contributed by atoms with van der Waals surface area (Å²) in [5.41, 5.74) is 2.50. The molecule has 1 aliphatic rings. The van der Waals surface area contributed by atoms with E-state index in [1.165, 1.54) is 0 Å². The number of carbonyl (C=O) groups excluding carboxylic acids is 3. The molecule has 33 heavy (non-hydrogen) atoms. The maximum absolute atomic E-state index is 13.6. The average molecular weight is 462 g/mol. The van der Waals surface area contributed by atoms with E-state index in [9.17, 15) is 14.4 Å². The quantitative estimate of drug-likeness (QED) is 0.527. The first-order valence-corrected chi connectivity index (χ1v) is 11.0. The van der Waals surface area contributed by atoms with Crippen LogP contribution in [0.1, 0.15) is 22.3 Å². The van der Waals surface area contributed by atoms with Crippen LogP contribution >= 0.6 is 11.6 Å². The van der Waals surface area contributed by atoms with Crippen LogP contribution in [-0.4, -0.2) is 29.3 Å². The molecule has 0 saturated carbocycles. The number of hydrogen-bond acceptors (Lipinski definition) is 3. The molecular weight excluding hydrogens is 438 g/mol. The first-order chi connectivity index (χ1) is 15.8. The largest absolute Gasteiger partial charge is 0.325 e. The van der Waals surface area contributed by atoms with Gasteiger partial charge >= 0.3 is 6.03 Å². The number of benzene rings is 3. The monoisotopic (exact) mass is 461 g/mol. The minimum atomic E-state index is -1.29. The summed E-state index contributed by atoms with van der Waals surface area (Å²) in [6.07, 6.45) is 0.267. The van der Waals surface area contributed by atoms with Crippen LogP contribution in [0.2, 0.25) is 5.02 Å². The fourth-order valence-corrected chi connectivity index (χ4v) is 4.58. The number of carbonyl (C=O) groups is 3. The number of imide groups is 1. The van der Waals surface area contributed by atoms with Crippen molar-refractivity contribution < 1.29 is 14.4 Å². The molecule has 1 fully saturated rings. The summed E-state index contributed by atoms with van der Waals surface area (Å²) in [7, 11) is 0. The van der Waals surface area contributed by atoms with Crippen LogP contribution in [0.4, 0.5) is 10.5 Å². The highest BCUT2D eigenvalue weighted by molar-refractivity contribution is 6.34. The van der Waals surface area contributed by atoms with Crippen LogP contribution in [0.15, 0.2) is 72.8 Å². The summed E-state index contributed by atoms with van der Waals surface area (Å²) < 4.78 is 0. The number of rotatable bonds is 6. The fourth-order valence-electron chi connectivity index (χ4n) is 4.21. The van der Waals surface area contributed by atoms with Gasteiger partial charge in [-0.15, -0.1) is 0 Å². The number of urea groups is 1. The SMILES string of the molecule is Cc1cc(C)c(NC(=O)CN2C(=O)NC(Cc3ccccc3)(c3ccccc3)C2=O)c(Cl)c1. The Morgan fingerprint density at radius 2 is 1.64 bits per heavy atom. The van der Waals surface area contributed by atoms with E-state index in [1.54, 1.807) is 18.2 Å². The number of anilines is 1. The second-order valence-corrected chi connectivity index (χ2v) is 8.65. The first-order valence-electron chi connectivity index (χ1n) is 10.6. The van der Waals surface area contributed by atoms with Crippen LogP contribution in [0.5, 0.6) is 0 Å². The summed E-state index contributed by atoms with van der Waals surface area (Å²) in [6, 6.07) is 21.6. The third kappa shape index (κ3) is 4.47. The molecule has 1 heterocycles. The van der Waals surface area contributed by atoms with Crippen molar-refractivity contribution in [1.82, 2.24) is 10.2 Å². The molecule has 3 aromatic carbocycles. The molecule has 4 amide bonds. The maximum Gasteiger partial charge on any atom is 0.325 e. The molecule has 7 heteroatoms. The summed E-state index contributed by atoms with van der Waals surface area (Å²) in [5.74, 6) is -0.972. The van der Waals surface area contributed by atoms with Crippen molar-refractivity contribution >= 4 is 35.1 Å². The van der Waals surface area contributed by atoms with E-state index in [2.05, 4.69) is 10.6 Å². The third-order valence-electron chi connectivity index (χ3n) is 5.75. The topological polar surface area (TPSA) is 78.5 Å². The van der Waals surface area contributed by atoms with Crippen LogP contribution in [0.3, 0.4) is 0 Å². The molecule has 1 aliphatic heterocycles. The Bertz CT molecular complexity index is 1190. The van der Waals surface area contributed by atoms with Crippen LogP contribution < -0.4 is 10.6 Å². The zero-order chi connectivity index (χ0) is 23.6. The molecule has 0 bridgehead atoms. The normalized spacial score (nSPS) is 17.7. The molecule has 2 N–H and O–H groups in total. The lowest BCUT2D eigenvalue weighted by atomic mass is 9.83. The summed E-state index contributed by atoms with van der Waals surface area (Å²) in [6.45, 7) is 3.33. The van der Waals surface area contributed by atoms with E-state index in [1.807, 2.05) is 68.4 Å². The molecule has 1 unspecified atom stereocenters. The van der Waals surface area contributed by atoms with Gasteiger partial charge in [0.25, 0.3) is 5.91 Å². The fraction of sp³-hybridized carbons (Fsp3) is 0.192. The number of nitrogens with zero attached hydrogens (tertiary/aromatic N) is 1. The Labute approximate surface area is 197 Å². The van der Waals surface area contributed by atoms with Gasteiger partial charge in [-0.3, -0.25) is 14.5 Å². The van der Waals surface area contributed by atoms with Gasteiger partial charge in [-0.05, 0) is 42.2 Å². The van der Waals surface area contributed by atoms with E-state index in [0.29, 0.717) is 16.3 Å². The van der Waals surface area contributed by atoms with Crippen molar-refractivity contribution in [1.29, 1.82) is 0 Å². The van der Waals surface area contributed by atoms with Crippen molar-refractivity contribution in [2.24, 2.45) is 0 Å². The van der Waals surface area contributed by atoms with E-state index in [4.69, 9.17) is 11.6 Å². The highest BCUT2D eigenvalue weighted by Crippen LogP contribution is 2.33. The van der Waals surface area contributed by atoms with Gasteiger partial charge in [0.2, 0.25) is 5.91 Å². The van der Waals surface area contributed by atoms with Gasteiger partial charge in [0.1, 0.15) is 6.54 Å². The molecule has 0 aliphatic carbocycles. The van der Waals surface area contributed by atoms with E-state index in [0.717, 1.165) is 21.6 Å². The number of hydrogen-bond donors (Lipinski definition) is 2. The van der Waals surface area contributed by atoms with Gasteiger partial charge in [-0.2, -0.15) is 0 Å². The van der Waals surface area contributed by atoms with Crippen LogP contribution in [-0.2, 0) is 21.5 Å². The molecule has 0 spiro atoms. The Balaban J connectivity index is 1.61. The first kappa shape index (κ1) is 22.6. The minimum Gasteiger partial charge on any atom is -0.323 e. The van der Waals surface area contributed by atoms with E-state index < -0.39 is 29.9 Å². The number of halogens is 1. The maximum atomic E-state index is 13.6. The van der Waals surface area contributed by atoms with E-state index in [-0.39, 0.29) is 6.42 Å². The lowest BCUT2D eigenvalue weighted by Gasteiger charge is -2.27. The summed E-state index contributed by atoms with van der Waals surface area (Å²) in [5, 5.41) is 6.01. The molecule has 4 rings (SSSR count). The molecule has 168 valence electrons. The van der Waals surface area contributed by atoms with Gasteiger partial charge in [-0.25, -0.2) is 4.79 Å². The number of aryl methyl sites for hydroxylation is 2. The molecule has 3 aromatic rings. The zero-order valence-electron chi connectivity index (χ0n) is 18.4. The highest BCUT2D eigenvalue weighted by Gasteiger charge is 2.52. The Kier molecular flexibility index (Phi) is 6.20. The van der Waals surface area contributed by atoms with Crippen molar-refractivity contribution in [2.45, 2.75) is 25.8 Å². The Morgan fingerprint density at radius 3 is 2.27 bits per heavy atom. The lowest BCUT2D eigenvalue weighted by Crippen LogP contribution is -2.46. The van der Waals surface area contributed by atoms with Crippen molar-refractivity contribution in [3.05, 3.63) is 100 Å². The summed E-state index contributed by atoms with van der Waals surface area (Å²) >= 11 is 6.29. The predicted octanol–water partition coefficient (Wildman–Crippen LogP) is 4.59. The smallest absolute Gasteiger partial charge is 0.323 e. The van der Waals surface area contributed by atoms with Crippen molar-refractivity contribution in [2.75, 3.05) is 11.9 Å². The van der Waals surface area contributed by atoms with Crippen LogP contribution in [0.25, 0.3) is 0 Å². The molecule has 6 nitrogen and oxygen atoms in total. The average Bonchev–Trinajstić information content (AvgIpc) is 3.02. The number of nitrogens with one attached hydrogen (secondary N) is 2. The molecule has 0 aromatic heterocycles. The predicted molar refractivity (Wildman–Crippen MR) is 128 cm³/mol. The Morgan fingerprint density at radius 1 is 1.00 bits per heavy atom. The molecule has 1 atom stereocenters. The molecule has 0 radical (unpaired) electrons. The highest BCUT2D eigenvalue weighted by atomic mass is 35.5. The second kappa shape index (κ2) is 9.08. The van der Waals surface area contributed by atoms with Gasteiger partial charge in [0.05, 0.1) is 10.7 Å². The lowest BCUT2D eigenvalue weighted by molar-refractivity contribution is -0.134. The van der Waals surface area contributed by atoms with Crippen LogP contribution in [0, 0.1) is 13.8 Å². The zero-order valence-corrected chi connectivity index (χ0v) is 19.1. The van der Waals surface area contributed by atoms with Crippen molar-refractivity contribution in [3.63, 3.8) is 0 Å². The van der Waals surface area contributed by atoms with E-state index >= 15 is 0 Å². The number of amides is 4. The van der Waals surface area contributed by atoms with Gasteiger partial charge in [0, 0.05) is 6.42 Å². The van der Waals surface area contributed by atoms with Gasteiger partial charge < -0.3 is 10.6 Å². The Hall–Kier alpha value is -3.64. The van der Waals surface area contributed by atoms with Crippen molar-refractivity contribution in [3.8, 4) is 0 Å².